The number of imidazole rings is 1. The first-order valence-corrected chi connectivity index (χ1v) is 6.32. The van der Waals surface area contributed by atoms with Crippen molar-refractivity contribution in [2.24, 2.45) is 7.05 Å². The van der Waals surface area contributed by atoms with Crippen LogP contribution in [0.3, 0.4) is 0 Å². The van der Waals surface area contributed by atoms with Crippen LogP contribution in [0, 0.1) is 6.92 Å². The number of nitrogens with one attached hydrogen (secondary N) is 1. The number of nitrogens with zero attached hydrogens (tertiary/aromatic N) is 2. The molecule has 0 radical (unpaired) electrons. The Labute approximate surface area is 112 Å². The van der Waals surface area contributed by atoms with Gasteiger partial charge in [-0.1, -0.05) is 11.6 Å². The van der Waals surface area contributed by atoms with E-state index < -0.39 is 0 Å². The highest BCUT2D eigenvalue weighted by molar-refractivity contribution is 5.78. The van der Waals surface area contributed by atoms with Crippen molar-refractivity contribution in [3.63, 3.8) is 0 Å². The summed E-state index contributed by atoms with van der Waals surface area (Å²) in [6, 6.07) is 8.33. The second-order valence-corrected chi connectivity index (χ2v) is 4.84. The quantitative estimate of drug-likeness (QED) is 0.782. The molecule has 4 nitrogen and oxygen atoms in total. The van der Waals surface area contributed by atoms with Gasteiger partial charge in [0.1, 0.15) is 17.4 Å². The van der Waals surface area contributed by atoms with Crippen molar-refractivity contribution < 1.29 is 4.42 Å². The molecular weight excluding hydrogens is 238 g/mol. The van der Waals surface area contributed by atoms with Crippen molar-refractivity contribution >= 4 is 11.0 Å². The first kappa shape index (κ1) is 12.0. The largest absolute Gasteiger partial charge is 0.459 e. The molecule has 0 spiro atoms. The summed E-state index contributed by atoms with van der Waals surface area (Å²) < 4.78 is 7.95. The molecule has 0 saturated carbocycles. The highest BCUT2D eigenvalue weighted by atomic mass is 16.3. The predicted molar refractivity (Wildman–Crippen MR) is 75.1 cm³/mol. The molecule has 98 valence electrons. The van der Waals surface area contributed by atoms with E-state index in [-0.39, 0.29) is 6.04 Å². The van der Waals surface area contributed by atoms with Crippen LogP contribution in [0.1, 0.15) is 23.1 Å². The maximum Gasteiger partial charge on any atom is 0.134 e. The van der Waals surface area contributed by atoms with E-state index in [1.54, 1.807) is 6.33 Å². The summed E-state index contributed by atoms with van der Waals surface area (Å²) >= 11 is 0. The van der Waals surface area contributed by atoms with Crippen LogP contribution >= 0.6 is 0 Å². The topological polar surface area (TPSA) is 43.0 Å². The molecule has 19 heavy (non-hydrogen) atoms. The van der Waals surface area contributed by atoms with Gasteiger partial charge in [-0.25, -0.2) is 4.98 Å². The van der Waals surface area contributed by atoms with Gasteiger partial charge in [0, 0.05) is 12.4 Å². The Kier molecular flexibility index (Phi) is 2.87. The molecule has 0 amide bonds. The number of hydrogen-bond acceptors (Lipinski definition) is 3. The fourth-order valence-corrected chi connectivity index (χ4v) is 2.41. The lowest BCUT2D eigenvalue weighted by Gasteiger charge is -2.13. The van der Waals surface area contributed by atoms with Gasteiger partial charge in [0.2, 0.25) is 0 Å². The molecule has 0 bridgehead atoms. The lowest BCUT2D eigenvalue weighted by molar-refractivity contribution is 0.479. The number of fused-ring (bicyclic) bond motifs is 1. The van der Waals surface area contributed by atoms with Crippen LogP contribution in [-0.4, -0.2) is 16.6 Å². The van der Waals surface area contributed by atoms with Crippen molar-refractivity contribution in [3.8, 4) is 0 Å². The SMILES string of the molecule is CNC(c1cc2cc(C)ccc2o1)c1cncn1C. The number of benzene rings is 1. The van der Waals surface area contributed by atoms with Crippen LogP contribution in [0.15, 0.2) is 41.2 Å². The van der Waals surface area contributed by atoms with Gasteiger partial charge in [0.25, 0.3) is 0 Å². The maximum absolute atomic E-state index is 5.95. The molecule has 0 aliphatic heterocycles. The molecule has 2 heterocycles. The van der Waals surface area contributed by atoms with Gasteiger partial charge in [0.15, 0.2) is 0 Å². The number of aryl methyl sites for hydroxylation is 2. The van der Waals surface area contributed by atoms with Gasteiger partial charge < -0.3 is 14.3 Å². The molecule has 0 aliphatic carbocycles. The van der Waals surface area contributed by atoms with Crippen LogP contribution in [0.5, 0.6) is 0 Å². The third kappa shape index (κ3) is 2.04. The third-order valence-corrected chi connectivity index (χ3v) is 3.41. The van der Waals surface area contributed by atoms with Gasteiger partial charge in [-0.05, 0) is 32.2 Å². The zero-order chi connectivity index (χ0) is 13.4. The summed E-state index contributed by atoms with van der Waals surface area (Å²) in [6.45, 7) is 2.09. The second kappa shape index (κ2) is 4.55. The van der Waals surface area contributed by atoms with E-state index in [2.05, 4.69) is 35.4 Å². The molecule has 3 aromatic rings. The summed E-state index contributed by atoms with van der Waals surface area (Å²) in [5.74, 6) is 0.909. The standard InChI is InChI=1S/C15H17N3O/c1-10-4-5-13-11(6-10)7-14(19-13)15(16-2)12-8-17-9-18(12)3/h4-9,15-16H,1-3H3. The smallest absolute Gasteiger partial charge is 0.134 e. The highest BCUT2D eigenvalue weighted by Gasteiger charge is 2.19. The summed E-state index contributed by atoms with van der Waals surface area (Å²) in [5.41, 5.74) is 3.24. The van der Waals surface area contributed by atoms with E-state index in [0.717, 1.165) is 22.4 Å². The van der Waals surface area contributed by atoms with E-state index in [9.17, 15) is 0 Å². The first-order chi connectivity index (χ1) is 9.19. The maximum atomic E-state index is 5.95. The van der Waals surface area contributed by atoms with Gasteiger partial charge in [-0.3, -0.25) is 0 Å². The van der Waals surface area contributed by atoms with Gasteiger partial charge in [-0.15, -0.1) is 0 Å². The average molecular weight is 255 g/mol. The summed E-state index contributed by atoms with van der Waals surface area (Å²) in [5, 5.41) is 4.42. The van der Waals surface area contributed by atoms with Crippen LogP contribution in [-0.2, 0) is 7.05 Å². The Balaban J connectivity index is 2.09. The third-order valence-electron chi connectivity index (χ3n) is 3.41. The molecule has 0 saturated heterocycles. The summed E-state index contributed by atoms with van der Waals surface area (Å²) in [7, 11) is 3.91. The monoisotopic (exact) mass is 255 g/mol. The minimum absolute atomic E-state index is 0.0141. The van der Waals surface area contributed by atoms with Crippen molar-refractivity contribution in [1.82, 2.24) is 14.9 Å². The zero-order valence-corrected chi connectivity index (χ0v) is 11.3. The van der Waals surface area contributed by atoms with Gasteiger partial charge in [0.05, 0.1) is 18.2 Å². The number of hydrogen-bond donors (Lipinski definition) is 1. The van der Waals surface area contributed by atoms with Crippen molar-refractivity contribution in [1.29, 1.82) is 0 Å². The van der Waals surface area contributed by atoms with E-state index in [1.807, 2.05) is 30.9 Å². The minimum Gasteiger partial charge on any atom is -0.459 e. The molecule has 0 fully saturated rings. The number of aromatic nitrogens is 2. The van der Waals surface area contributed by atoms with E-state index in [4.69, 9.17) is 4.42 Å². The van der Waals surface area contributed by atoms with Gasteiger partial charge in [-0.2, -0.15) is 0 Å². The zero-order valence-electron chi connectivity index (χ0n) is 11.3. The molecule has 0 aliphatic rings. The normalized spacial score (nSPS) is 13.0. The average Bonchev–Trinajstić information content (AvgIpc) is 2.97. The fourth-order valence-electron chi connectivity index (χ4n) is 2.41. The van der Waals surface area contributed by atoms with Crippen LogP contribution in [0.25, 0.3) is 11.0 Å². The van der Waals surface area contributed by atoms with E-state index in [1.165, 1.54) is 5.56 Å². The van der Waals surface area contributed by atoms with Crippen molar-refractivity contribution in [2.75, 3.05) is 7.05 Å². The fraction of sp³-hybridized carbons (Fsp3) is 0.267. The molecule has 1 N–H and O–H groups in total. The Bertz CT molecular complexity index is 711. The second-order valence-electron chi connectivity index (χ2n) is 4.84. The Morgan fingerprint density at radius 2 is 2.16 bits per heavy atom. The van der Waals surface area contributed by atoms with Crippen LogP contribution in [0.2, 0.25) is 0 Å². The van der Waals surface area contributed by atoms with E-state index >= 15 is 0 Å². The van der Waals surface area contributed by atoms with Crippen LogP contribution < -0.4 is 5.32 Å². The highest BCUT2D eigenvalue weighted by Crippen LogP contribution is 2.28. The Morgan fingerprint density at radius 1 is 1.32 bits per heavy atom. The molecule has 3 rings (SSSR count). The Hall–Kier alpha value is -2.07. The van der Waals surface area contributed by atoms with E-state index in [0.29, 0.717) is 0 Å². The molecular formula is C15H17N3O. The number of rotatable bonds is 3. The summed E-state index contributed by atoms with van der Waals surface area (Å²) in [6.07, 6.45) is 3.66. The molecule has 1 atom stereocenters. The minimum atomic E-state index is 0.0141. The molecule has 2 aromatic heterocycles. The lowest BCUT2D eigenvalue weighted by Crippen LogP contribution is -2.19. The number of furan rings is 1. The molecule has 1 aromatic carbocycles. The van der Waals surface area contributed by atoms with Crippen LogP contribution in [0.4, 0.5) is 0 Å². The first-order valence-electron chi connectivity index (χ1n) is 6.32. The Morgan fingerprint density at radius 3 is 2.84 bits per heavy atom. The predicted octanol–water partition coefficient (Wildman–Crippen LogP) is 2.78. The van der Waals surface area contributed by atoms with Crippen molar-refractivity contribution in [2.45, 2.75) is 13.0 Å². The molecule has 1 unspecified atom stereocenters. The van der Waals surface area contributed by atoms with Gasteiger partial charge >= 0.3 is 0 Å². The lowest BCUT2D eigenvalue weighted by atomic mass is 10.1. The summed E-state index contributed by atoms with van der Waals surface area (Å²) in [4.78, 5) is 4.17. The van der Waals surface area contributed by atoms with Crippen molar-refractivity contribution in [3.05, 3.63) is 53.8 Å². The molecule has 4 heteroatoms.